The molecule has 5 heteroatoms. The number of piperazine rings is 1. The Bertz CT molecular complexity index is 514. The highest BCUT2D eigenvalue weighted by atomic mass is 16.6. The molecule has 120 valence electrons. The second-order valence-corrected chi connectivity index (χ2v) is 6.51. The van der Waals surface area contributed by atoms with E-state index in [-0.39, 0.29) is 12.0 Å². The predicted octanol–water partition coefficient (Wildman–Crippen LogP) is 2.31. The van der Waals surface area contributed by atoms with E-state index in [1.54, 1.807) is 4.90 Å². The molecule has 0 spiro atoms. The third-order valence-corrected chi connectivity index (χ3v) is 3.48. The fraction of sp³-hybridized carbons (Fsp3) is 0.529. The van der Waals surface area contributed by atoms with Gasteiger partial charge in [-0.1, -0.05) is 30.3 Å². The van der Waals surface area contributed by atoms with Crippen LogP contribution in [0, 0.1) is 0 Å². The highest BCUT2D eigenvalue weighted by molar-refractivity contribution is 5.79. The predicted molar refractivity (Wildman–Crippen MR) is 84.5 cm³/mol. The van der Waals surface area contributed by atoms with Crippen molar-refractivity contribution in [1.29, 1.82) is 0 Å². The molecule has 0 atom stereocenters. The van der Waals surface area contributed by atoms with E-state index >= 15 is 0 Å². The Labute approximate surface area is 131 Å². The second-order valence-electron chi connectivity index (χ2n) is 6.51. The van der Waals surface area contributed by atoms with Crippen LogP contribution in [0.15, 0.2) is 30.3 Å². The Morgan fingerprint density at radius 3 is 2.09 bits per heavy atom. The summed E-state index contributed by atoms with van der Waals surface area (Å²) in [6, 6.07) is 9.71. The maximum Gasteiger partial charge on any atom is 0.410 e. The Morgan fingerprint density at radius 2 is 1.55 bits per heavy atom. The molecule has 2 rings (SSSR count). The minimum absolute atomic E-state index is 0.107. The molecule has 0 N–H and O–H groups in total. The number of carbonyl (C=O) groups excluding carboxylic acids is 2. The van der Waals surface area contributed by atoms with E-state index in [4.69, 9.17) is 4.74 Å². The van der Waals surface area contributed by atoms with Gasteiger partial charge < -0.3 is 14.5 Å². The van der Waals surface area contributed by atoms with Gasteiger partial charge in [0.05, 0.1) is 6.42 Å². The summed E-state index contributed by atoms with van der Waals surface area (Å²) in [6.07, 6.45) is 0.107. The van der Waals surface area contributed by atoms with Crippen LogP contribution < -0.4 is 0 Å². The first-order valence-corrected chi connectivity index (χ1v) is 7.65. The first-order chi connectivity index (χ1) is 10.3. The topological polar surface area (TPSA) is 49.9 Å². The van der Waals surface area contributed by atoms with Crippen molar-refractivity contribution >= 4 is 12.0 Å². The molecule has 2 amide bonds. The molecular formula is C17H24N2O3. The zero-order valence-electron chi connectivity index (χ0n) is 13.5. The Hall–Kier alpha value is -2.04. The van der Waals surface area contributed by atoms with Crippen LogP contribution in [0.1, 0.15) is 26.3 Å². The molecule has 1 heterocycles. The molecule has 0 radical (unpaired) electrons. The van der Waals surface area contributed by atoms with Gasteiger partial charge in [0.2, 0.25) is 5.91 Å². The average molecular weight is 304 g/mol. The average Bonchev–Trinajstić information content (AvgIpc) is 2.46. The maximum atomic E-state index is 12.3. The van der Waals surface area contributed by atoms with Crippen molar-refractivity contribution in [3.8, 4) is 0 Å². The van der Waals surface area contributed by atoms with E-state index in [0.717, 1.165) is 5.56 Å². The zero-order chi connectivity index (χ0) is 16.2. The van der Waals surface area contributed by atoms with Crippen molar-refractivity contribution < 1.29 is 14.3 Å². The highest BCUT2D eigenvalue weighted by Crippen LogP contribution is 2.12. The molecule has 1 aromatic carbocycles. The summed E-state index contributed by atoms with van der Waals surface area (Å²) in [5.41, 5.74) is 0.527. The summed E-state index contributed by atoms with van der Waals surface area (Å²) in [5, 5.41) is 0. The third-order valence-electron chi connectivity index (χ3n) is 3.48. The normalized spacial score (nSPS) is 15.6. The number of carbonyl (C=O) groups is 2. The van der Waals surface area contributed by atoms with E-state index < -0.39 is 5.60 Å². The largest absolute Gasteiger partial charge is 0.444 e. The number of rotatable bonds is 2. The van der Waals surface area contributed by atoms with E-state index in [1.165, 1.54) is 0 Å². The number of hydrogen-bond acceptors (Lipinski definition) is 3. The van der Waals surface area contributed by atoms with Crippen LogP contribution in [0.5, 0.6) is 0 Å². The molecule has 0 aromatic heterocycles. The van der Waals surface area contributed by atoms with Crippen LogP contribution in [-0.4, -0.2) is 53.6 Å². The van der Waals surface area contributed by atoms with E-state index in [2.05, 4.69) is 0 Å². The van der Waals surface area contributed by atoms with Gasteiger partial charge in [-0.15, -0.1) is 0 Å². The lowest BCUT2D eigenvalue weighted by atomic mass is 10.1. The van der Waals surface area contributed by atoms with Gasteiger partial charge in [-0.3, -0.25) is 4.79 Å². The van der Waals surface area contributed by atoms with Crippen LogP contribution in [0.4, 0.5) is 4.79 Å². The minimum Gasteiger partial charge on any atom is -0.444 e. The van der Waals surface area contributed by atoms with Crippen molar-refractivity contribution in [3.05, 3.63) is 35.9 Å². The smallest absolute Gasteiger partial charge is 0.410 e. The summed E-state index contributed by atoms with van der Waals surface area (Å²) in [4.78, 5) is 27.7. The van der Waals surface area contributed by atoms with Gasteiger partial charge in [0.25, 0.3) is 0 Å². The molecule has 1 aliphatic rings. The fourth-order valence-corrected chi connectivity index (χ4v) is 2.35. The van der Waals surface area contributed by atoms with Crippen molar-refractivity contribution in [1.82, 2.24) is 9.80 Å². The lowest BCUT2D eigenvalue weighted by Crippen LogP contribution is -2.51. The van der Waals surface area contributed by atoms with Gasteiger partial charge in [0, 0.05) is 26.2 Å². The number of benzene rings is 1. The first kappa shape index (κ1) is 16.3. The van der Waals surface area contributed by atoms with Crippen molar-refractivity contribution in [3.63, 3.8) is 0 Å². The van der Waals surface area contributed by atoms with Crippen LogP contribution in [0.25, 0.3) is 0 Å². The molecule has 5 nitrogen and oxygen atoms in total. The van der Waals surface area contributed by atoms with Gasteiger partial charge >= 0.3 is 6.09 Å². The van der Waals surface area contributed by atoms with Gasteiger partial charge in [-0.2, -0.15) is 0 Å². The summed E-state index contributed by atoms with van der Waals surface area (Å²) >= 11 is 0. The first-order valence-electron chi connectivity index (χ1n) is 7.65. The second kappa shape index (κ2) is 6.81. The standard InChI is InChI=1S/C17H24N2O3/c1-17(2,3)22-16(21)19-11-9-18(10-12-19)15(20)13-14-7-5-4-6-8-14/h4-8H,9-13H2,1-3H3. The summed E-state index contributed by atoms with van der Waals surface area (Å²) < 4.78 is 5.35. The summed E-state index contributed by atoms with van der Waals surface area (Å²) in [6.45, 7) is 7.72. The van der Waals surface area contributed by atoms with Crippen molar-refractivity contribution in [2.75, 3.05) is 26.2 Å². The van der Waals surface area contributed by atoms with Crippen LogP contribution in [-0.2, 0) is 16.0 Å². The Morgan fingerprint density at radius 1 is 1.00 bits per heavy atom. The monoisotopic (exact) mass is 304 g/mol. The third kappa shape index (κ3) is 4.76. The zero-order valence-corrected chi connectivity index (χ0v) is 13.5. The molecule has 0 aliphatic carbocycles. The highest BCUT2D eigenvalue weighted by Gasteiger charge is 2.27. The fourth-order valence-electron chi connectivity index (χ4n) is 2.35. The minimum atomic E-state index is -0.489. The Balaban J connectivity index is 1.82. The lowest BCUT2D eigenvalue weighted by molar-refractivity contribution is -0.132. The molecule has 0 bridgehead atoms. The molecule has 22 heavy (non-hydrogen) atoms. The number of nitrogens with zero attached hydrogens (tertiary/aromatic N) is 2. The summed E-state index contributed by atoms with van der Waals surface area (Å²) in [5.74, 6) is 0.107. The number of ether oxygens (including phenoxy) is 1. The van der Waals surface area contributed by atoms with Crippen LogP contribution >= 0.6 is 0 Å². The molecule has 0 unspecified atom stereocenters. The van der Waals surface area contributed by atoms with Crippen LogP contribution in [0.2, 0.25) is 0 Å². The van der Waals surface area contributed by atoms with Gasteiger partial charge in [-0.05, 0) is 26.3 Å². The molecule has 1 saturated heterocycles. The molecule has 1 aliphatic heterocycles. The summed E-state index contributed by atoms with van der Waals surface area (Å²) in [7, 11) is 0. The molecule has 1 aromatic rings. The SMILES string of the molecule is CC(C)(C)OC(=O)N1CCN(C(=O)Cc2ccccc2)CC1. The number of amides is 2. The van der Waals surface area contributed by atoms with E-state index in [0.29, 0.717) is 32.6 Å². The van der Waals surface area contributed by atoms with Crippen molar-refractivity contribution in [2.45, 2.75) is 32.8 Å². The molecular weight excluding hydrogens is 280 g/mol. The van der Waals surface area contributed by atoms with Gasteiger partial charge in [0.15, 0.2) is 0 Å². The van der Waals surface area contributed by atoms with Crippen LogP contribution in [0.3, 0.4) is 0 Å². The van der Waals surface area contributed by atoms with Gasteiger partial charge in [-0.25, -0.2) is 4.79 Å². The maximum absolute atomic E-state index is 12.3. The quantitative estimate of drug-likeness (QED) is 0.842. The molecule has 0 saturated carbocycles. The Kier molecular flexibility index (Phi) is 5.06. The number of hydrogen-bond donors (Lipinski definition) is 0. The lowest BCUT2D eigenvalue weighted by Gasteiger charge is -2.35. The van der Waals surface area contributed by atoms with E-state index in [9.17, 15) is 9.59 Å². The van der Waals surface area contributed by atoms with Crippen molar-refractivity contribution in [2.24, 2.45) is 0 Å². The molecule has 1 fully saturated rings. The van der Waals surface area contributed by atoms with E-state index in [1.807, 2.05) is 56.0 Å². The van der Waals surface area contributed by atoms with Gasteiger partial charge in [0.1, 0.15) is 5.60 Å².